The SMILES string of the molecule is CN(C)C(=O)C=NOC(=O)Nc1c(Cl)cccc1Cl. The predicted molar refractivity (Wildman–Crippen MR) is 73.8 cm³/mol. The first-order valence-corrected chi connectivity index (χ1v) is 5.84. The van der Waals surface area contributed by atoms with Crippen LogP contribution >= 0.6 is 23.2 Å². The fraction of sp³-hybridized carbons (Fsp3) is 0.182. The fourth-order valence-corrected chi connectivity index (χ4v) is 1.47. The van der Waals surface area contributed by atoms with E-state index in [2.05, 4.69) is 15.3 Å². The molecule has 19 heavy (non-hydrogen) atoms. The van der Waals surface area contributed by atoms with E-state index in [1.165, 1.54) is 19.0 Å². The number of anilines is 1. The van der Waals surface area contributed by atoms with Crippen LogP contribution in [0.4, 0.5) is 10.5 Å². The van der Waals surface area contributed by atoms with Gasteiger partial charge in [0, 0.05) is 14.1 Å². The molecule has 0 aliphatic rings. The van der Waals surface area contributed by atoms with E-state index in [0.29, 0.717) is 0 Å². The number of hydrogen-bond donors (Lipinski definition) is 1. The number of nitrogens with one attached hydrogen (secondary N) is 1. The lowest BCUT2D eigenvalue weighted by Gasteiger charge is -2.07. The summed E-state index contributed by atoms with van der Waals surface area (Å²) >= 11 is 11.7. The summed E-state index contributed by atoms with van der Waals surface area (Å²) in [6.07, 6.45) is -0.0360. The number of carbonyl (C=O) groups excluding carboxylic acids is 2. The highest BCUT2D eigenvalue weighted by atomic mass is 35.5. The lowest BCUT2D eigenvalue weighted by atomic mass is 10.3. The van der Waals surface area contributed by atoms with Gasteiger partial charge in [-0.2, -0.15) is 0 Å². The summed E-state index contributed by atoms with van der Waals surface area (Å²) in [6, 6.07) is 4.75. The highest BCUT2D eigenvalue weighted by molar-refractivity contribution is 6.39. The van der Waals surface area contributed by atoms with Gasteiger partial charge in [-0.25, -0.2) is 4.79 Å². The van der Waals surface area contributed by atoms with Gasteiger partial charge in [-0.15, -0.1) is 0 Å². The van der Waals surface area contributed by atoms with Gasteiger partial charge < -0.3 is 4.90 Å². The summed E-state index contributed by atoms with van der Waals surface area (Å²) in [6.45, 7) is 0. The molecule has 102 valence electrons. The Morgan fingerprint density at radius 2 is 1.89 bits per heavy atom. The number of hydrogen-bond acceptors (Lipinski definition) is 4. The topological polar surface area (TPSA) is 71.0 Å². The quantitative estimate of drug-likeness (QED) is 0.530. The minimum Gasteiger partial charge on any atom is -0.344 e. The third-order valence-corrected chi connectivity index (χ3v) is 2.56. The number of para-hydroxylation sites is 1. The van der Waals surface area contributed by atoms with E-state index in [-0.39, 0.29) is 15.7 Å². The van der Waals surface area contributed by atoms with Crippen molar-refractivity contribution >= 4 is 47.1 Å². The van der Waals surface area contributed by atoms with Crippen molar-refractivity contribution in [2.75, 3.05) is 19.4 Å². The van der Waals surface area contributed by atoms with Gasteiger partial charge in [0.05, 0.1) is 15.7 Å². The highest BCUT2D eigenvalue weighted by Crippen LogP contribution is 2.29. The summed E-state index contributed by atoms with van der Waals surface area (Å²) < 4.78 is 0. The van der Waals surface area contributed by atoms with Crippen molar-refractivity contribution in [2.24, 2.45) is 5.16 Å². The van der Waals surface area contributed by atoms with E-state index >= 15 is 0 Å². The van der Waals surface area contributed by atoms with Crippen LogP contribution < -0.4 is 5.32 Å². The van der Waals surface area contributed by atoms with Crippen LogP contribution in [0.3, 0.4) is 0 Å². The molecule has 1 aromatic carbocycles. The fourth-order valence-electron chi connectivity index (χ4n) is 0.977. The smallest absolute Gasteiger partial charge is 0.344 e. The third kappa shape index (κ3) is 4.76. The normalized spacial score (nSPS) is 10.3. The molecule has 0 bridgehead atoms. The lowest BCUT2D eigenvalue weighted by molar-refractivity contribution is -0.121. The van der Waals surface area contributed by atoms with Crippen molar-refractivity contribution in [3.8, 4) is 0 Å². The van der Waals surface area contributed by atoms with E-state index in [4.69, 9.17) is 23.2 Å². The molecule has 8 heteroatoms. The number of oxime groups is 1. The number of rotatable bonds is 3. The second kappa shape index (κ2) is 6.96. The Labute approximate surface area is 119 Å². The number of amides is 2. The number of nitrogens with zero attached hydrogens (tertiary/aromatic N) is 2. The van der Waals surface area contributed by atoms with Crippen LogP contribution in [0.5, 0.6) is 0 Å². The molecule has 0 atom stereocenters. The maximum Gasteiger partial charge on any atom is 0.437 e. The van der Waals surface area contributed by atoms with Gasteiger partial charge in [0.2, 0.25) is 0 Å². The Bertz CT molecular complexity index is 498. The minimum atomic E-state index is -0.905. The van der Waals surface area contributed by atoms with Crippen molar-refractivity contribution in [1.82, 2.24) is 4.90 Å². The van der Waals surface area contributed by atoms with Gasteiger partial charge in [-0.3, -0.25) is 14.9 Å². The van der Waals surface area contributed by atoms with Crippen LogP contribution in [0.1, 0.15) is 0 Å². The van der Waals surface area contributed by atoms with Gasteiger partial charge in [0.1, 0.15) is 6.21 Å². The molecule has 0 fully saturated rings. The Morgan fingerprint density at radius 1 is 1.32 bits per heavy atom. The van der Waals surface area contributed by atoms with E-state index in [0.717, 1.165) is 6.21 Å². The standard InChI is InChI=1S/C11H11Cl2N3O3/c1-16(2)9(17)6-14-19-11(18)15-10-7(12)4-3-5-8(10)13/h3-6H,1-2H3,(H,15,18). The summed E-state index contributed by atoms with van der Waals surface area (Å²) in [7, 11) is 3.08. The zero-order valence-corrected chi connectivity index (χ0v) is 11.7. The summed E-state index contributed by atoms with van der Waals surface area (Å²) in [4.78, 5) is 28.2. The Kier molecular flexibility index (Phi) is 5.59. The van der Waals surface area contributed by atoms with Gasteiger partial charge in [-0.05, 0) is 12.1 Å². The number of carbonyl (C=O) groups is 2. The van der Waals surface area contributed by atoms with Crippen LogP contribution in [-0.4, -0.2) is 37.2 Å². The number of halogens is 2. The molecule has 0 heterocycles. The van der Waals surface area contributed by atoms with Crippen molar-refractivity contribution in [1.29, 1.82) is 0 Å². The van der Waals surface area contributed by atoms with Crippen molar-refractivity contribution in [2.45, 2.75) is 0 Å². The van der Waals surface area contributed by atoms with Gasteiger partial charge in [0.15, 0.2) is 0 Å². The summed E-state index contributed by atoms with van der Waals surface area (Å²) in [5.74, 6) is -0.413. The Hall–Kier alpha value is -1.79. The average Bonchev–Trinajstić information content (AvgIpc) is 2.33. The van der Waals surface area contributed by atoms with Gasteiger partial charge >= 0.3 is 6.09 Å². The molecule has 1 aromatic rings. The van der Waals surface area contributed by atoms with Crippen molar-refractivity contribution in [3.63, 3.8) is 0 Å². The van der Waals surface area contributed by atoms with Crippen LogP contribution in [-0.2, 0) is 9.63 Å². The Balaban J connectivity index is 2.59. The first kappa shape index (κ1) is 15.3. The van der Waals surface area contributed by atoms with Crippen LogP contribution in [0.15, 0.2) is 23.4 Å². The minimum absolute atomic E-state index is 0.213. The lowest BCUT2D eigenvalue weighted by Crippen LogP contribution is -2.23. The third-order valence-electron chi connectivity index (χ3n) is 1.93. The molecular weight excluding hydrogens is 293 g/mol. The van der Waals surface area contributed by atoms with E-state index in [1.54, 1.807) is 18.2 Å². The molecule has 1 rings (SSSR count). The zero-order chi connectivity index (χ0) is 14.4. The molecule has 0 aliphatic carbocycles. The van der Waals surface area contributed by atoms with Crippen LogP contribution in [0, 0.1) is 0 Å². The predicted octanol–water partition coefficient (Wildman–Crippen LogP) is 2.62. The van der Waals surface area contributed by atoms with E-state index in [1.807, 2.05) is 0 Å². The summed E-state index contributed by atoms with van der Waals surface area (Å²) in [5.41, 5.74) is 0.213. The molecule has 0 saturated carbocycles. The molecule has 6 nitrogen and oxygen atoms in total. The maximum absolute atomic E-state index is 11.4. The van der Waals surface area contributed by atoms with Gasteiger partial charge in [-0.1, -0.05) is 34.4 Å². The zero-order valence-electron chi connectivity index (χ0n) is 10.2. The molecule has 0 unspecified atom stereocenters. The second-order valence-electron chi connectivity index (χ2n) is 3.57. The molecule has 0 saturated heterocycles. The monoisotopic (exact) mass is 303 g/mol. The molecule has 0 aliphatic heterocycles. The van der Waals surface area contributed by atoms with E-state index in [9.17, 15) is 9.59 Å². The van der Waals surface area contributed by atoms with E-state index < -0.39 is 12.0 Å². The van der Waals surface area contributed by atoms with Crippen LogP contribution in [0.25, 0.3) is 0 Å². The molecule has 1 N–H and O–H groups in total. The molecule has 0 radical (unpaired) electrons. The largest absolute Gasteiger partial charge is 0.437 e. The highest BCUT2D eigenvalue weighted by Gasteiger charge is 2.10. The van der Waals surface area contributed by atoms with Crippen LogP contribution in [0.2, 0.25) is 10.0 Å². The second-order valence-corrected chi connectivity index (χ2v) is 4.38. The molecule has 2 amide bonds. The summed E-state index contributed by atoms with van der Waals surface area (Å²) in [5, 5.41) is 6.07. The van der Waals surface area contributed by atoms with Crippen molar-refractivity contribution < 1.29 is 14.4 Å². The maximum atomic E-state index is 11.4. The Morgan fingerprint density at radius 3 is 2.42 bits per heavy atom. The average molecular weight is 304 g/mol. The van der Waals surface area contributed by atoms with Crippen molar-refractivity contribution in [3.05, 3.63) is 28.2 Å². The first-order valence-electron chi connectivity index (χ1n) is 5.08. The first-order chi connectivity index (χ1) is 8.91. The molecular formula is C11H11Cl2N3O3. The molecule has 0 aromatic heterocycles. The number of benzene rings is 1. The molecule has 0 spiro atoms. The van der Waals surface area contributed by atoms with Gasteiger partial charge in [0.25, 0.3) is 5.91 Å².